The minimum atomic E-state index is 0.301. The Bertz CT molecular complexity index is 481. The second kappa shape index (κ2) is 7.15. The third kappa shape index (κ3) is 4.02. The molecule has 2 fully saturated rings. The maximum Gasteiger partial charge on any atom is 0.224 e. The molecule has 2 saturated heterocycles. The predicted octanol–water partition coefficient (Wildman–Crippen LogP) is 1.90. The summed E-state index contributed by atoms with van der Waals surface area (Å²) in [6, 6.07) is 0.778. The van der Waals surface area contributed by atoms with Crippen molar-refractivity contribution in [3.05, 3.63) is 16.9 Å². The molecule has 1 atom stereocenters. The van der Waals surface area contributed by atoms with Crippen molar-refractivity contribution in [2.45, 2.75) is 31.3 Å². The van der Waals surface area contributed by atoms with Crippen molar-refractivity contribution >= 4 is 33.6 Å². The summed E-state index contributed by atoms with van der Waals surface area (Å²) < 4.78 is 3.03. The number of likely N-dealkylation sites (tertiary alicyclic amines) is 1. The van der Waals surface area contributed by atoms with Crippen molar-refractivity contribution in [2.75, 3.05) is 31.1 Å². The normalized spacial score (nSPS) is 24.2. The molecule has 21 heavy (non-hydrogen) atoms. The zero-order chi connectivity index (χ0) is 14.7. The molecule has 0 spiro atoms. The number of rotatable bonds is 3. The molecule has 0 bridgehead atoms. The summed E-state index contributed by atoms with van der Waals surface area (Å²) in [4.78, 5) is 14.4. The van der Waals surface area contributed by atoms with Gasteiger partial charge in [0.25, 0.3) is 0 Å². The standard InChI is InChI=1S/C14H21BrN4OS/c15-11-8-17-19(9-11)13-1-4-18(5-2-13)14(20)7-12-10-21-6-3-16-12/h8-9,12-13,16H,1-7,10H2. The van der Waals surface area contributed by atoms with Gasteiger partial charge in [0.15, 0.2) is 0 Å². The highest BCUT2D eigenvalue weighted by Gasteiger charge is 2.26. The van der Waals surface area contributed by atoms with Crippen LogP contribution in [0.2, 0.25) is 0 Å². The Morgan fingerprint density at radius 3 is 2.90 bits per heavy atom. The van der Waals surface area contributed by atoms with E-state index >= 15 is 0 Å². The molecule has 7 heteroatoms. The zero-order valence-corrected chi connectivity index (χ0v) is 14.4. The molecule has 2 aliphatic rings. The summed E-state index contributed by atoms with van der Waals surface area (Å²) in [5.41, 5.74) is 0. The van der Waals surface area contributed by atoms with Gasteiger partial charge in [-0.25, -0.2) is 0 Å². The highest BCUT2D eigenvalue weighted by Crippen LogP contribution is 2.24. The van der Waals surface area contributed by atoms with Crippen molar-refractivity contribution in [1.29, 1.82) is 0 Å². The van der Waals surface area contributed by atoms with Gasteiger partial charge in [0.05, 0.1) is 16.7 Å². The van der Waals surface area contributed by atoms with E-state index in [1.165, 1.54) is 0 Å². The fraction of sp³-hybridized carbons (Fsp3) is 0.714. The summed E-state index contributed by atoms with van der Waals surface area (Å²) in [6.07, 6.45) is 6.47. The van der Waals surface area contributed by atoms with E-state index < -0.39 is 0 Å². The lowest BCUT2D eigenvalue weighted by Gasteiger charge is -2.33. The third-order valence-electron chi connectivity index (χ3n) is 4.18. The molecule has 0 aromatic carbocycles. The highest BCUT2D eigenvalue weighted by molar-refractivity contribution is 9.10. The van der Waals surface area contributed by atoms with Crippen LogP contribution in [-0.2, 0) is 4.79 Å². The molecule has 1 aromatic rings. The van der Waals surface area contributed by atoms with E-state index in [1.54, 1.807) is 0 Å². The predicted molar refractivity (Wildman–Crippen MR) is 88.5 cm³/mol. The van der Waals surface area contributed by atoms with Gasteiger partial charge in [0.1, 0.15) is 0 Å². The average Bonchev–Trinajstić information content (AvgIpc) is 2.95. The molecule has 3 heterocycles. The first kappa shape index (κ1) is 15.4. The smallest absolute Gasteiger partial charge is 0.224 e. The van der Waals surface area contributed by atoms with E-state index in [9.17, 15) is 4.79 Å². The van der Waals surface area contributed by atoms with E-state index in [1.807, 2.05) is 33.7 Å². The molecule has 2 aliphatic heterocycles. The van der Waals surface area contributed by atoms with Gasteiger partial charge in [-0.1, -0.05) is 0 Å². The Morgan fingerprint density at radius 1 is 1.48 bits per heavy atom. The fourth-order valence-corrected chi connectivity index (χ4v) is 4.24. The minimum absolute atomic E-state index is 0.301. The molecule has 0 saturated carbocycles. The SMILES string of the molecule is O=C(CC1CSCCN1)N1CCC(n2cc(Br)cn2)CC1. The van der Waals surface area contributed by atoms with Crippen LogP contribution in [0.4, 0.5) is 0 Å². The van der Waals surface area contributed by atoms with E-state index in [0.29, 0.717) is 24.4 Å². The number of aromatic nitrogens is 2. The van der Waals surface area contributed by atoms with Crippen molar-refractivity contribution in [2.24, 2.45) is 0 Å². The van der Waals surface area contributed by atoms with Crippen LogP contribution >= 0.6 is 27.7 Å². The lowest BCUT2D eigenvalue weighted by atomic mass is 10.0. The molecule has 1 N–H and O–H groups in total. The van der Waals surface area contributed by atoms with E-state index in [4.69, 9.17) is 0 Å². The molecule has 0 aliphatic carbocycles. The first-order valence-corrected chi connectivity index (χ1v) is 9.45. The molecule has 1 amide bonds. The van der Waals surface area contributed by atoms with Crippen LogP contribution in [0, 0.1) is 0 Å². The summed E-state index contributed by atoms with van der Waals surface area (Å²) in [6.45, 7) is 2.72. The van der Waals surface area contributed by atoms with Crippen molar-refractivity contribution in [3.8, 4) is 0 Å². The Labute approximate surface area is 138 Å². The van der Waals surface area contributed by atoms with Crippen molar-refractivity contribution in [3.63, 3.8) is 0 Å². The van der Waals surface area contributed by atoms with Gasteiger partial charge >= 0.3 is 0 Å². The molecule has 116 valence electrons. The zero-order valence-electron chi connectivity index (χ0n) is 12.0. The fourth-order valence-electron chi connectivity index (χ4n) is 2.99. The quantitative estimate of drug-likeness (QED) is 0.880. The molecule has 1 aromatic heterocycles. The van der Waals surface area contributed by atoms with Gasteiger partial charge in [-0.2, -0.15) is 16.9 Å². The molecule has 0 radical (unpaired) electrons. The largest absolute Gasteiger partial charge is 0.342 e. The third-order valence-corrected chi connectivity index (χ3v) is 5.72. The van der Waals surface area contributed by atoms with Gasteiger partial charge in [-0.3, -0.25) is 9.48 Å². The lowest BCUT2D eigenvalue weighted by molar-refractivity contribution is -0.132. The van der Waals surface area contributed by atoms with Crippen LogP contribution in [0.5, 0.6) is 0 Å². The second-order valence-corrected chi connectivity index (χ2v) is 7.75. The van der Waals surface area contributed by atoms with Gasteiger partial charge in [0, 0.05) is 49.8 Å². The van der Waals surface area contributed by atoms with E-state index in [-0.39, 0.29) is 0 Å². The van der Waals surface area contributed by atoms with Crippen molar-refractivity contribution in [1.82, 2.24) is 20.0 Å². The van der Waals surface area contributed by atoms with Gasteiger partial charge in [-0.15, -0.1) is 0 Å². The number of hydrogen-bond acceptors (Lipinski definition) is 4. The number of nitrogens with zero attached hydrogens (tertiary/aromatic N) is 3. The Hall–Kier alpha value is -0.530. The maximum absolute atomic E-state index is 12.4. The van der Waals surface area contributed by atoms with Crippen molar-refractivity contribution < 1.29 is 4.79 Å². The van der Waals surface area contributed by atoms with Gasteiger partial charge in [-0.05, 0) is 28.8 Å². The number of carbonyl (C=O) groups is 1. The molecule has 1 unspecified atom stereocenters. The van der Waals surface area contributed by atoms with Crippen LogP contribution in [-0.4, -0.2) is 57.8 Å². The van der Waals surface area contributed by atoms with Crippen LogP contribution in [0.25, 0.3) is 0 Å². The number of carbonyl (C=O) groups excluding carboxylic acids is 1. The van der Waals surface area contributed by atoms with Crippen LogP contribution in [0.15, 0.2) is 16.9 Å². The number of amides is 1. The molecule has 3 rings (SSSR count). The first-order valence-electron chi connectivity index (χ1n) is 7.51. The second-order valence-electron chi connectivity index (χ2n) is 5.68. The maximum atomic E-state index is 12.4. The summed E-state index contributed by atoms with van der Waals surface area (Å²) in [7, 11) is 0. The summed E-state index contributed by atoms with van der Waals surface area (Å²) in [5, 5.41) is 7.80. The Morgan fingerprint density at radius 2 is 2.29 bits per heavy atom. The number of nitrogens with one attached hydrogen (secondary N) is 1. The van der Waals surface area contributed by atoms with Crippen LogP contribution in [0.1, 0.15) is 25.3 Å². The monoisotopic (exact) mass is 372 g/mol. The average molecular weight is 373 g/mol. The molecular weight excluding hydrogens is 352 g/mol. The first-order chi connectivity index (χ1) is 10.2. The number of hydrogen-bond donors (Lipinski definition) is 1. The highest BCUT2D eigenvalue weighted by atomic mass is 79.9. The number of thioether (sulfide) groups is 1. The minimum Gasteiger partial charge on any atom is -0.342 e. The number of piperidine rings is 1. The molecular formula is C14H21BrN4OS. The molecule has 5 nitrogen and oxygen atoms in total. The van der Waals surface area contributed by atoms with Crippen LogP contribution < -0.4 is 5.32 Å². The van der Waals surface area contributed by atoms with Gasteiger partial charge in [0.2, 0.25) is 5.91 Å². The Kier molecular flexibility index (Phi) is 5.24. The lowest BCUT2D eigenvalue weighted by Crippen LogP contribution is -2.45. The van der Waals surface area contributed by atoms with Gasteiger partial charge < -0.3 is 10.2 Å². The summed E-state index contributed by atoms with van der Waals surface area (Å²) in [5.74, 6) is 2.52. The topological polar surface area (TPSA) is 50.2 Å². The van der Waals surface area contributed by atoms with Crippen LogP contribution in [0.3, 0.4) is 0 Å². The number of halogens is 1. The van der Waals surface area contributed by atoms with E-state index in [0.717, 1.165) is 48.5 Å². The Balaban J connectivity index is 1.47. The summed E-state index contributed by atoms with van der Waals surface area (Å²) >= 11 is 5.37. The van der Waals surface area contributed by atoms with E-state index in [2.05, 4.69) is 26.3 Å².